The third kappa shape index (κ3) is 5.33. The molecule has 222 valence electrons. The highest BCUT2D eigenvalue weighted by Crippen LogP contribution is 2.33. The Morgan fingerprint density at radius 1 is 1.09 bits per heavy atom. The summed E-state index contributed by atoms with van der Waals surface area (Å²) in [5.74, 6) is -3.66. The molecule has 0 saturated carbocycles. The van der Waals surface area contributed by atoms with Crippen LogP contribution in [0, 0.1) is 5.82 Å². The fourth-order valence-electron chi connectivity index (χ4n) is 5.35. The summed E-state index contributed by atoms with van der Waals surface area (Å²) in [5.41, 5.74) is 8.12. The fourth-order valence-corrected chi connectivity index (χ4v) is 6.23. The van der Waals surface area contributed by atoms with Crippen molar-refractivity contribution in [1.29, 1.82) is 0 Å². The topological polar surface area (TPSA) is 127 Å². The van der Waals surface area contributed by atoms with E-state index in [1.807, 2.05) is 6.07 Å². The number of amides is 1. The summed E-state index contributed by atoms with van der Waals surface area (Å²) in [6.07, 6.45) is 3.52. The summed E-state index contributed by atoms with van der Waals surface area (Å²) in [4.78, 5) is 25.0. The maximum absolute atomic E-state index is 14.2. The van der Waals surface area contributed by atoms with Gasteiger partial charge in [0.15, 0.2) is 9.84 Å². The van der Waals surface area contributed by atoms with Crippen molar-refractivity contribution in [3.8, 4) is 0 Å². The molecule has 0 unspecified atom stereocenters. The van der Waals surface area contributed by atoms with Gasteiger partial charge in [0.25, 0.3) is 11.8 Å². The molecule has 2 N–H and O–H groups in total. The van der Waals surface area contributed by atoms with E-state index in [9.17, 15) is 26.4 Å². The molecule has 1 fully saturated rings. The maximum atomic E-state index is 14.2. The number of anilines is 3. The van der Waals surface area contributed by atoms with Crippen LogP contribution in [0.3, 0.4) is 0 Å². The van der Waals surface area contributed by atoms with Crippen LogP contribution >= 0.6 is 0 Å². The Hall–Kier alpha value is -4.72. The minimum Gasteiger partial charge on any atom is -0.383 e. The van der Waals surface area contributed by atoms with Gasteiger partial charge in [-0.2, -0.15) is 5.10 Å². The predicted molar refractivity (Wildman–Crippen MR) is 156 cm³/mol. The number of benzene rings is 2. The van der Waals surface area contributed by atoms with E-state index in [0.29, 0.717) is 22.3 Å². The number of fused-ring (bicyclic) bond motifs is 3. The number of carbonyl (C=O) groups is 1. The third-order valence-electron chi connectivity index (χ3n) is 7.46. The Labute approximate surface area is 244 Å². The van der Waals surface area contributed by atoms with Gasteiger partial charge in [-0.1, -0.05) is 12.1 Å². The van der Waals surface area contributed by atoms with Crippen LogP contribution in [0.2, 0.25) is 0 Å². The van der Waals surface area contributed by atoms with Crippen molar-refractivity contribution in [3.05, 3.63) is 77.9 Å². The summed E-state index contributed by atoms with van der Waals surface area (Å²) >= 11 is 0. The molecule has 0 atom stereocenters. The van der Waals surface area contributed by atoms with Gasteiger partial charge >= 0.3 is 0 Å². The van der Waals surface area contributed by atoms with E-state index in [1.165, 1.54) is 34.2 Å². The van der Waals surface area contributed by atoms with Crippen LogP contribution in [-0.4, -0.2) is 59.3 Å². The second-order valence-corrected chi connectivity index (χ2v) is 12.6. The van der Waals surface area contributed by atoms with Crippen LogP contribution < -0.4 is 15.5 Å². The molecule has 4 heterocycles. The van der Waals surface area contributed by atoms with Gasteiger partial charge in [0.2, 0.25) is 0 Å². The quantitative estimate of drug-likeness (QED) is 0.301. The predicted octanol–water partition coefficient (Wildman–Crippen LogP) is 4.33. The van der Waals surface area contributed by atoms with Crippen LogP contribution in [0.4, 0.5) is 30.5 Å². The van der Waals surface area contributed by atoms with Gasteiger partial charge in [0.1, 0.15) is 17.5 Å². The van der Waals surface area contributed by atoms with Crippen molar-refractivity contribution in [2.75, 3.05) is 34.9 Å². The van der Waals surface area contributed by atoms with Crippen molar-refractivity contribution < 1.29 is 26.4 Å². The van der Waals surface area contributed by atoms with Gasteiger partial charge in [-0.05, 0) is 42.0 Å². The average Bonchev–Trinajstić information content (AvgIpc) is 3.53. The number of carbonyl (C=O) groups excluding carboxylic acids is 1. The molecule has 10 nitrogen and oxygen atoms in total. The van der Waals surface area contributed by atoms with Crippen molar-refractivity contribution in [1.82, 2.24) is 19.7 Å². The van der Waals surface area contributed by atoms with Gasteiger partial charge in [-0.15, -0.1) is 0 Å². The number of nitrogens with zero attached hydrogens (tertiary/aromatic N) is 6. The first-order valence-corrected chi connectivity index (χ1v) is 15.1. The number of sulfone groups is 1. The molecule has 14 heteroatoms. The first-order chi connectivity index (χ1) is 20.3. The summed E-state index contributed by atoms with van der Waals surface area (Å²) in [7, 11) is -2.18. The molecule has 1 saturated heterocycles. The number of aromatic nitrogens is 4. The number of halogens is 3. The zero-order chi connectivity index (χ0) is 30.7. The number of rotatable bonds is 6. The number of hydrogen-bond acceptors (Lipinski definition) is 8. The van der Waals surface area contributed by atoms with E-state index in [-0.39, 0.29) is 41.5 Å². The van der Waals surface area contributed by atoms with Crippen LogP contribution in [0.15, 0.2) is 65.8 Å². The first-order valence-electron chi connectivity index (χ1n) is 13.2. The molecule has 43 heavy (non-hydrogen) atoms. The minimum atomic E-state index is -3.97. The van der Waals surface area contributed by atoms with Gasteiger partial charge in [0.05, 0.1) is 51.9 Å². The fraction of sp³-hybridized carbons (Fsp3) is 0.241. The summed E-state index contributed by atoms with van der Waals surface area (Å²) < 4.78 is 68.7. The van der Waals surface area contributed by atoms with Gasteiger partial charge in [-0.25, -0.2) is 31.6 Å². The maximum Gasteiger partial charge on any atom is 0.266 e. The molecular weight excluding hydrogens is 583 g/mol. The number of aryl methyl sites for hydroxylation is 1. The molecule has 0 spiro atoms. The Morgan fingerprint density at radius 2 is 1.88 bits per heavy atom. The first kappa shape index (κ1) is 28.4. The van der Waals surface area contributed by atoms with Gasteiger partial charge in [-0.3, -0.25) is 9.48 Å². The third-order valence-corrected chi connectivity index (χ3v) is 8.59. The van der Waals surface area contributed by atoms with E-state index in [4.69, 9.17) is 5.73 Å². The van der Waals surface area contributed by atoms with Crippen LogP contribution in [-0.2, 0) is 23.4 Å². The molecule has 1 amide bonds. The lowest BCUT2D eigenvalue weighted by atomic mass is 10.1. The zero-order valence-electron chi connectivity index (χ0n) is 23.1. The lowest BCUT2D eigenvalue weighted by Gasteiger charge is -2.25. The van der Waals surface area contributed by atoms with E-state index < -0.39 is 34.0 Å². The summed E-state index contributed by atoms with van der Waals surface area (Å²) in [6, 6.07) is 11.4. The normalized spacial score (nSPS) is 15.0. The molecule has 3 aromatic heterocycles. The molecule has 0 radical (unpaired) electrons. The van der Waals surface area contributed by atoms with Crippen LogP contribution in [0.1, 0.15) is 22.3 Å². The lowest BCUT2D eigenvalue weighted by molar-refractivity contribution is 0.0256. The monoisotopic (exact) mass is 609 g/mol. The lowest BCUT2D eigenvalue weighted by Crippen LogP contribution is -2.32. The summed E-state index contributed by atoms with van der Waals surface area (Å²) in [6.45, 7) is -0.468. The summed E-state index contributed by atoms with van der Waals surface area (Å²) in [5, 5.41) is 5.73. The molecule has 5 aromatic rings. The molecule has 1 aliphatic rings. The number of pyridine rings is 2. The second kappa shape index (κ2) is 10.2. The van der Waals surface area contributed by atoms with Crippen molar-refractivity contribution >= 4 is 54.9 Å². The van der Waals surface area contributed by atoms with E-state index in [2.05, 4.69) is 15.1 Å². The molecule has 2 aromatic carbocycles. The Kier molecular flexibility index (Phi) is 6.75. The second-order valence-electron chi connectivity index (χ2n) is 10.6. The molecular formula is C29H26F3N7O3S. The largest absolute Gasteiger partial charge is 0.383 e. The number of nitrogen functional groups attached to an aromatic ring is 1. The molecule has 0 aliphatic carbocycles. The van der Waals surface area contributed by atoms with E-state index in [1.54, 1.807) is 30.1 Å². The number of nitrogens with two attached hydrogens (primary N) is 1. The number of alkyl halides is 2. The number of hydrogen-bond donors (Lipinski definition) is 1. The standard InChI is InChI=1S/C29H26F3N7O3S/c1-37-26-20-6-3-17(11-22(20)36-27(33)21(26)14-35-37)15-39(23-7-5-19(30)12-24(23)43(2,41)42)28(40)18-4-8-25(34-13-18)38-10-9-29(31,32)16-38/h3-8,11-14H,9-10,15-16H2,1-2H3,(H2,33,36). The zero-order valence-corrected chi connectivity index (χ0v) is 23.9. The van der Waals surface area contributed by atoms with Crippen LogP contribution in [0.25, 0.3) is 21.8 Å². The Balaban J connectivity index is 1.42. The van der Waals surface area contributed by atoms with Crippen molar-refractivity contribution in [2.24, 2.45) is 7.05 Å². The van der Waals surface area contributed by atoms with Gasteiger partial charge < -0.3 is 15.5 Å². The molecule has 1 aliphatic heterocycles. The van der Waals surface area contributed by atoms with Gasteiger partial charge in [0, 0.05) is 37.9 Å². The Bertz CT molecular complexity index is 2010. The Morgan fingerprint density at radius 3 is 2.56 bits per heavy atom. The van der Waals surface area contributed by atoms with Crippen molar-refractivity contribution in [3.63, 3.8) is 0 Å². The van der Waals surface area contributed by atoms with Crippen molar-refractivity contribution in [2.45, 2.75) is 23.8 Å². The SMILES string of the molecule is Cn1ncc2c(N)nc3cc(CN(C(=O)c4ccc(N5CCC(F)(F)C5)nc4)c4ccc(F)cc4S(C)(=O)=O)ccc3c21. The smallest absolute Gasteiger partial charge is 0.266 e. The molecule has 6 rings (SSSR count). The highest BCUT2D eigenvalue weighted by Gasteiger charge is 2.38. The highest BCUT2D eigenvalue weighted by atomic mass is 32.2. The average molecular weight is 610 g/mol. The van der Waals surface area contributed by atoms with Crippen LogP contribution in [0.5, 0.6) is 0 Å². The van der Waals surface area contributed by atoms with E-state index >= 15 is 0 Å². The highest BCUT2D eigenvalue weighted by molar-refractivity contribution is 7.90. The minimum absolute atomic E-state index is 0.0354. The molecule has 0 bridgehead atoms. The van der Waals surface area contributed by atoms with E-state index in [0.717, 1.165) is 29.3 Å².